The minimum Gasteiger partial charge on any atom is -0.270 e. The maximum atomic E-state index is 12.9. The second kappa shape index (κ2) is 3.07. The van der Waals surface area contributed by atoms with Gasteiger partial charge in [-0.2, -0.15) is 10.2 Å². The Balaban J connectivity index is 2.62. The monoisotopic (exact) mass is 159 g/mol. The topological polar surface area (TPSA) is 18.8 Å². The zero-order chi connectivity index (χ0) is 8.43. The number of nitrogens with zero attached hydrogens (tertiary/aromatic N) is 3. The number of hydrazone groups is 1. The molecular formula is C7H14FN3. The number of rotatable bonds is 2. The Morgan fingerprint density at radius 1 is 1.64 bits per heavy atom. The fourth-order valence-corrected chi connectivity index (χ4v) is 1.28. The summed E-state index contributed by atoms with van der Waals surface area (Å²) in [4.78, 5) is 0. The molecular weight excluding hydrogens is 145 g/mol. The Morgan fingerprint density at radius 3 is 2.64 bits per heavy atom. The van der Waals surface area contributed by atoms with E-state index in [0.29, 0.717) is 5.12 Å². The van der Waals surface area contributed by atoms with E-state index in [0.717, 1.165) is 6.54 Å². The first-order valence-corrected chi connectivity index (χ1v) is 3.91. The maximum Gasteiger partial charge on any atom is 0.151 e. The molecule has 0 aliphatic carbocycles. The van der Waals surface area contributed by atoms with Crippen LogP contribution in [0.25, 0.3) is 0 Å². The van der Waals surface area contributed by atoms with Crippen molar-refractivity contribution in [1.82, 2.24) is 10.1 Å². The zero-order valence-corrected chi connectivity index (χ0v) is 7.16. The fourth-order valence-electron chi connectivity index (χ4n) is 1.28. The van der Waals surface area contributed by atoms with Gasteiger partial charge < -0.3 is 0 Å². The molecule has 0 radical (unpaired) electrons. The Labute approximate surface area is 66.4 Å². The van der Waals surface area contributed by atoms with Crippen molar-refractivity contribution in [3.63, 3.8) is 0 Å². The van der Waals surface area contributed by atoms with Gasteiger partial charge in [0, 0.05) is 6.54 Å². The third-order valence-corrected chi connectivity index (χ3v) is 1.79. The van der Waals surface area contributed by atoms with Gasteiger partial charge in [-0.05, 0) is 12.8 Å². The van der Waals surface area contributed by atoms with Crippen LogP contribution in [0.2, 0.25) is 0 Å². The first-order valence-electron chi connectivity index (χ1n) is 3.91. The largest absolute Gasteiger partial charge is 0.270 e. The van der Waals surface area contributed by atoms with Crippen molar-refractivity contribution in [2.75, 3.05) is 6.54 Å². The summed E-state index contributed by atoms with van der Waals surface area (Å²) in [6, 6.07) is 0. The lowest BCUT2D eigenvalue weighted by Gasteiger charge is -2.27. The molecule has 0 aromatic rings. The molecule has 1 rings (SSSR count). The highest BCUT2D eigenvalue weighted by Gasteiger charge is 2.29. The lowest BCUT2D eigenvalue weighted by atomic mass is 10.1. The lowest BCUT2D eigenvalue weighted by Crippen LogP contribution is -2.39. The zero-order valence-electron chi connectivity index (χ0n) is 7.16. The molecule has 1 unspecified atom stereocenters. The normalized spacial score (nSPS) is 23.9. The highest BCUT2D eigenvalue weighted by Crippen LogP contribution is 2.19. The quantitative estimate of drug-likeness (QED) is 0.568. The average Bonchev–Trinajstić information content (AvgIpc) is 2.30. The molecule has 0 spiro atoms. The van der Waals surface area contributed by atoms with Crippen molar-refractivity contribution in [2.45, 2.75) is 26.9 Å². The minimum absolute atomic E-state index is 0.208. The Hall–Kier alpha value is -0.800. The van der Waals surface area contributed by atoms with Gasteiger partial charge in [0.1, 0.15) is 6.34 Å². The summed E-state index contributed by atoms with van der Waals surface area (Å²) < 4.78 is 12.9. The number of halogens is 1. The van der Waals surface area contributed by atoms with Gasteiger partial charge in [0.15, 0.2) is 6.17 Å². The summed E-state index contributed by atoms with van der Waals surface area (Å²) in [7, 11) is 0. The van der Waals surface area contributed by atoms with Gasteiger partial charge in [0.05, 0.1) is 0 Å². The molecule has 0 fully saturated rings. The fraction of sp³-hybridized carbons (Fsp3) is 0.857. The van der Waals surface area contributed by atoms with Crippen molar-refractivity contribution >= 4 is 6.34 Å². The molecule has 4 heteroatoms. The molecule has 1 atom stereocenters. The Kier molecular flexibility index (Phi) is 2.31. The third kappa shape index (κ3) is 1.44. The van der Waals surface area contributed by atoms with Crippen LogP contribution >= 0.6 is 0 Å². The van der Waals surface area contributed by atoms with Crippen LogP contribution in [0, 0.1) is 5.92 Å². The van der Waals surface area contributed by atoms with E-state index in [2.05, 4.69) is 5.10 Å². The van der Waals surface area contributed by atoms with Crippen molar-refractivity contribution < 1.29 is 4.48 Å². The summed E-state index contributed by atoms with van der Waals surface area (Å²) in [6.45, 7) is 6.68. The third-order valence-electron chi connectivity index (χ3n) is 1.79. The Morgan fingerprint density at radius 2 is 2.27 bits per heavy atom. The van der Waals surface area contributed by atoms with E-state index in [4.69, 9.17) is 0 Å². The van der Waals surface area contributed by atoms with E-state index in [1.54, 1.807) is 5.01 Å². The first-order chi connectivity index (χ1) is 5.16. The highest BCUT2D eigenvalue weighted by atomic mass is 19.2. The molecule has 0 aromatic carbocycles. The van der Waals surface area contributed by atoms with Crippen LogP contribution in [0.3, 0.4) is 0 Å². The van der Waals surface area contributed by atoms with Gasteiger partial charge in [-0.1, -0.05) is 18.3 Å². The standard InChI is InChI=1S/C7H14FN3/c1-4-11-7(6(2)3)10(8)5-9-11/h5-7H,4H2,1-3H3. The van der Waals surface area contributed by atoms with Crippen molar-refractivity contribution in [3.05, 3.63) is 0 Å². The van der Waals surface area contributed by atoms with E-state index < -0.39 is 0 Å². The first kappa shape index (κ1) is 8.30. The van der Waals surface area contributed by atoms with Crippen LogP contribution in [0.15, 0.2) is 5.10 Å². The van der Waals surface area contributed by atoms with Crippen LogP contribution < -0.4 is 0 Å². The SMILES string of the molecule is CCN1N=CN(F)C1C(C)C. The highest BCUT2D eigenvalue weighted by molar-refractivity contribution is 5.55. The molecule has 0 saturated carbocycles. The average molecular weight is 159 g/mol. The molecule has 1 heterocycles. The van der Waals surface area contributed by atoms with Crippen LogP contribution in [0.4, 0.5) is 4.48 Å². The van der Waals surface area contributed by atoms with E-state index in [-0.39, 0.29) is 12.1 Å². The lowest BCUT2D eigenvalue weighted by molar-refractivity contribution is -0.0192. The second-order valence-electron chi connectivity index (χ2n) is 2.99. The molecule has 64 valence electrons. The summed E-state index contributed by atoms with van der Waals surface area (Å²) in [5, 5.41) is 6.30. The van der Waals surface area contributed by atoms with Crippen LogP contribution in [-0.4, -0.2) is 29.2 Å². The van der Waals surface area contributed by atoms with Gasteiger partial charge in [-0.15, -0.1) is 0 Å². The minimum atomic E-state index is -0.208. The predicted octanol–water partition coefficient (Wildman–Crippen LogP) is 1.43. The van der Waals surface area contributed by atoms with Crippen molar-refractivity contribution in [2.24, 2.45) is 11.0 Å². The molecule has 1 aliphatic heterocycles. The van der Waals surface area contributed by atoms with Crippen LogP contribution in [0.5, 0.6) is 0 Å². The van der Waals surface area contributed by atoms with Gasteiger partial charge in [-0.3, -0.25) is 5.01 Å². The van der Waals surface area contributed by atoms with Crippen LogP contribution in [0.1, 0.15) is 20.8 Å². The smallest absolute Gasteiger partial charge is 0.151 e. The second-order valence-corrected chi connectivity index (χ2v) is 2.99. The Bertz CT molecular complexity index is 158. The molecule has 0 aromatic heterocycles. The van der Waals surface area contributed by atoms with Crippen molar-refractivity contribution in [1.29, 1.82) is 0 Å². The molecule has 0 bridgehead atoms. The van der Waals surface area contributed by atoms with E-state index in [1.807, 2.05) is 20.8 Å². The predicted molar refractivity (Wildman–Crippen MR) is 42.4 cm³/mol. The van der Waals surface area contributed by atoms with Gasteiger partial charge in [0.2, 0.25) is 0 Å². The van der Waals surface area contributed by atoms with Crippen LogP contribution in [-0.2, 0) is 0 Å². The number of hydrogen-bond donors (Lipinski definition) is 0. The van der Waals surface area contributed by atoms with Gasteiger partial charge in [0.25, 0.3) is 0 Å². The summed E-state index contributed by atoms with van der Waals surface area (Å²) in [5.41, 5.74) is 0. The van der Waals surface area contributed by atoms with E-state index in [1.165, 1.54) is 6.34 Å². The maximum absolute atomic E-state index is 12.9. The molecule has 0 N–H and O–H groups in total. The summed E-state index contributed by atoms with van der Waals surface area (Å²) >= 11 is 0. The molecule has 1 aliphatic rings. The van der Waals surface area contributed by atoms with Gasteiger partial charge in [-0.25, -0.2) is 0 Å². The molecule has 11 heavy (non-hydrogen) atoms. The van der Waals surface area contributed by atoms with Gasteiger partial charge >= 0.3 is 0 Å². The van der Waals surface area contributed by atoms with Crippen molar-refractivity contribution in [3.8, 4) is 0 Å². The van der Waals surface area contributed by atoms with E-state index >= 15 is 0 Å². The molecule has 0 amide bonds. The van der Waals surface area contributed by atoms with E-state index in [9.17, 15) is 4.48 Å². The summed E-state index contributed by atoms with van der Waals surface area (Å²) in [6.07, 6.45) is 1.02. The number of hydrogen-bond acceptors (Lipinski definition) is 3. The molecule has 3 nitrogen and oxygen atoms in total. The molecule has 0 saturated heterocycles. The summed E-state index contributed by atoms with van der Waals surface area (Å²) in [5.74, 6) is 0.252.